The average Bonchev–Trinajstić information content (AvgIpc) is 2.61. The van der Waals surface area contributed by atoms with Crippen LogP contribution in [0.5, 0.6) is 0 Å². The van der Waals surface area contributed by atoms with Crippen LogP contribution in [-0.2, 0) is 0 Å². The number of rotatable bonds is 5. The first-order valence-electron chi connectivity index (χ1n) is 7.96. The Balaban J connectivity index is 2.15. The lowest BCUT2D eigenvalue weighted by Gasteiger charge is -2.14. The normalized spacial score (nSPS) is 10.5. The van der Waals surface area contributed by atoms with Crippen LogP contribution in [0.25, 0.3) is 11.1 Å². The highest BCUT2D eigenvalue weighted by Crippen LogP contribution is 2.32. The summed E-state index contributed by atoms with van der Waals surface area (Å²) >= 11 is 5.89. The number of carboxylic acid groups (broad SMARTS) is 2. The predicted molar refractivity (Wildman–Crippen MR) is 101 cm³/mol. The molecule has 3 aromatic heterocycles. The largest absolute Gasteiger partial charge is 0.478 e. The van der Waals surface area contributed by atoms with Gasteiger partial charge in [0.15, 0.2) is 0 Å². The van der Waals surface area contributed by atoms with E-state index >= 15 is 0 Å². The third-order valence-electron chi connectivity index (χ3n) is 3.96. The molecule has 142 valence electrons. The van der Waals surface area contributed by atoms with Crippen LogP contribution in [0.3, 0.4) is 0 Å². The van der Waals surface area contributed by atoms with E-state index in [4.69, 9.17) is 11.6 Å². The number of nitrogens with zero attached hydrogens (tertiary/aromatic N) is 4. The highest BCUT2D eigenvalue weighted by atomic mass is 35.5. The second-order valence-electron chi connectivity index (χ2n) is 5.80. The lowest BCUT2D eigenvalue weighted by atomic mass is 9.96. The van der Waals surface area contributed by atoms with E-state index in [1.807, 2.05) is 0 Å². The molecule has 28 heavy (non-hydrogen) atoms. The first kappa shape index (κ1) is 19.2. The van der Waals surface area contributed by atoms with Gasteiger partial charge < -0.3 is 15.5 Å². The van der Waals surface area contributed by atoms with Gasteiger partial charge in [0.2, 0.25) is 0 Å². The minimum absolute atomic E-state index is 0.104. The third-order valence-corrected chi connectivity index (χ3v) is 4.25. The Morgan fingerprint density at radius 1 is 1.00 bits per heavy atom. The molecule has 0 radical (unpaired) electrons. The number of hydrogen-bond acceptors (Lipinski definition) is 7. The minimum Gasteiger partial charge on any atom is -0.478 e. The maximum absolute atomic E-state index is 11.7. The minimum atomic E-state index is -1.25. The molecule has 3 N–H and O–H groups in total. The standard InChI is InChI=1S/C18H14ClN5O4/c1-8-11(6-22-16(19)15(8)18(27)28)10-5-14(21-7-12(10)17(25)26)24-13-3-4-20-9(2)23-13/h3-7H,1-2H3,(H,25,26)(H,27,28)(H,20,21,23,24). The molecular formula is C18H14ClN5O4. The van der Waals surface area contributed by atoms with Crippen molar-refractivity contribution in [1.29, 1.82) is 0 Å². The van der Waals surface area contributed by atoms with E-state index in [-0.39, 0.29) is 21.8 Å². The highest BCUT2D eigenvalue weighted by molar-refractivity contribution is 6.32. The van der Waals surface area contributed by atoms with Crippen LogP contribution in [-0.4, -0.2) is 42.1 Å². The number of nitrogens with one attached hydrogen (secondary N) is 1. The van der Waals surface area contributed by atoms with Gasteiger partial charge in [-0.1, -0.05) is 11.6 Å². The summed E-state index contributed by atoms with van der Waals surface area (Å²) in [4.78, 5) is 39.4. The number of aromatic nitrogens is 4. The number of pyridine rings is 2. The number of carboxylic acids is 2. The van der Waals surface area contributed by atoms with E-state index in [2.05, 4.69) is 25.3 Å². The smallest absolute Gasteiger partial charge is 0.339 e. The van der Waals surface area contributed by atoms with Gasteiger partial charge in [0, 0.05) is 29.7 Å². The third kappa shape index (κ3) is 3.74. The first-order valence-corrected chi connectivity index (χ1v) is 8.34. The van der Waals surface area contributed by atoms with Crippen molar-refractivity contribution >= 4 is 35.2 Å². The molecule has 0 bridgehead atoms. The molecule has 0 unspecified atom stereocenters. The van der Waals surface area contributed by atoms with Gasteiger partial charge in [-0.25, -0.2) is 29.5 Å². The van der Waals surface area contributed by atoms with Crippen molar-refractivity contribution in [2.75, 3.05) is 5.32 Å². The van der Waals surface area contributed by atoms with Crippen molar-refractivity contribution < 1.29 is 19.8 Å². The van der Waals surface area contributed by atoms with Gasteiger partial charge in [-0.15, -0.1) is 0 Å². The molecule has 3 rings (SSSR count). The topological polar surface area (TPSA) is 138 Å². The average molecular weight is 400 g/mol. The molecule has 10 heteroatoms. The van der Waals surface area contributed by atoms with E-state index in [1.54, 1.807) is 26.1 Å². The van der Waals surface area contributed by atoms with Crippen LogP contribution < -0.4 is 5.32 Å². The zero-order chi connectivity index (χ0) is 20.4. The molecule has 0 aliphatic rings. The Kier molecular flexibility index (Phi) is 5.18. The van der Waals surface area contributed by atoms with Gasteiger partial charge in [0.1, 0.15) is 28.2 Å². The molecule has 0 fully saturated rings. The summed E-state index contributed by atoms with van der Waals surface area (Å²) in [7, 11) is 0. The number of carbonyl (C=O) groups is 2. The van der Waals surface area contributed by atoms with E-state index < -0.39 is 11.9 Å². The van der Waals surface area contributed by atoms with Crippen molar-refractivity contribution in [2.24, 2.45) is 0 Å². The summed E-state index contributed by atoms with van der Waals surface area (Å²) in [6, 6.07) is 3.13. The molecule has 3 heterocycles. The summed E-state index contributed by atoms with van der Waals surface area (Å²) in [6.07, 6.45) is 4.09. The fourth-order valence-electron chi connectivity index (χ4n) is 2.67. The Hall–Kier alpha value is -3.59. The summed E-state index contributed by atoms with van der Waals surface area (Å²) in [6.45, 7) is 3.27. The Morgan fingerprint density at radius 2 is 1.75 bits per heavy atom. The Bertz CT molecular complexity index is 1100. The molecule has 0 saturated carbocycles. The molecule has 0 saturated heterocycles. The van der Waals surface area contributed by atoms with Crippen molar-refractivity contribution in [1.82, 2.24) is 19.9 Å². The molecule has 0 atom stereocenters. The van der Waals surface area contributed by atoms with Crippen molar-refractivity contribution in [2.45, 2.75) is 13.8 Å². The van der Waals surface area contributed by atoms with Gasteiger partial charge in [-0.3, -0.25) is 0 Å². The van der Waals surface area contributed by atoms with Crippen LogP contribution in [0.15, 0.2) is 30.7 Å². The number of anilines is 2. The summed E-state index contributed by atoms with van der Waals surface area (Å²) < 4.78 is 0. The maximum atomic E-state index is 11.7. The second kappa shape index (κ2) is 7.57. The fraction of sp³-hybridized carbons (Fsp3) is 0.111. The summed E-state index contributed by atoms with van der Waals surface area (Å²) in [5.41, 5.74) is 0.578. The lowest BCUT2D eigenvalue weighted by molar-refractivity contribution is 0.0686. The van der Waals surface area contributed by atoms with Crippen LogP contribution in [0.1, 0.15) is 32.1 Å². The summed E-state index contributed by atoms with van der Waals surface area (Å²) in [5.74, 6) is -1.11. The molecule has 9 nitrogen and oxygen atoms in total. The maximum Gasteiger partial charge on any atom is 0.339 e. The molecular weight excluding hydrogens is 386 g/mol. The van der Waals surface area contributed by atoms with E-state index in [9.17, 15) is 19.8 Å². The van der Waals surface area contributed by atoms with E-state index in [0.29, 0.717) is 28.6 Å². The van der Waals surface area contributed by atoms with Gasteiger partial charge in [0.25, 0.3) is 0 Å². The van der Waals surface area contributed by atoms with Gasteiger partial charge in [-0.05, 0) is 31.5 Å². The quantitative estimate of drug-likeness (QED) is 0.551. The molecule has 0 aliphatic heterocycles. The monoisotopic (exact) mass is 399 g/mol. The number of aryl methyl sites for hydroxylation is 1. The fourth-order valence-corrected chi connectivity index (χ4v) is 2.94. The van der Waals surface area contributed by atoms with Gasteiger partial charge in [-0.2, -0.15) is 0 Å². The molecule has 0 spiro atoms. The van der Waals surface area contributed by atoms with Crippen LogP contribution in [0.4, 0.5) is 11.6 Å². The Morgan fingerprint density at radius 3 is 2.39 bits per heavy atom. The summed E-state index contributed by atoms with van der Waals surface area (Å²) in [5, 5.41) is 21.7. The molecule has 3 aromatic rings. The van der Waals surface area contributed by atoms with Gasteiger partial charge >= 0.3 is 11.9 Å². The predicted octanol–water partition coefficient (Wildman–Crippen LogP) is 3.34. The zero-order valence-electron chi connectivity index (χ0n) is 14.8. The number of aromatic carboxylic acids is 2. The molecule has 0 amide bonds. The van der Waals surface area contributed by atoms with Gasteiger partial charge in [0.05, 0.1) is 5.56 Å². The zero-order valence-corrected chi connectivity index (χ0v) is 15.5. The number of halogens is 1. The van der Waals surface area contributed by atoms with E-state index in [1.165, 1.54) is 18.5 Å². The first-order chi connectivity index (χ1) is 13.3. The molecule has 0 aliphatic carbocycles. The van der Waals surface area contributed by atoms with Crippen LogP contribution in [0.2, 0.25) is 5.15 Å². The number of hydrogen-bond donors (Lipinski definition) is 3. The SMILES string of the molecule is Cc1nccc(Nc2cc(-c3cnc(Cl)c(C(=O)O)c3C)c(C(=O)O)cn2)n1. The van der Waals surface area contributed by atoms with Crippen LogP contribution in [0, 0.1) is 13.8 Å². The van der Waals surface area contributed by atoms with Crippen molar-refractivity contribution in [3.05, 3.63) is 58.4 Å². The second-order valence-corrected chi connectivity index (χ2v) is 6.16. The van der Waals surface area contributed by atoms with E-state index in [0.717, 1.165) is 0 Å². The Labute approximate surface area is 164 Å². The van der Waals surface area contributed by atoms with Crippen molar-refractivity contribution in [3.8, 4) is 11.1 Å². The highest BCUT2D eigenvalue weighted by Gasteiger charge is 2.21. The van der Waals surface area contributed by atoms with Crippen LogP contribution >= 0.6 is 11.6 Å². The molecule has 0 aromatic carbocycles. The van der Waals surface area contributed by atoms with Crippen molar-refractivity contribution in [3.63, 3.8) is 0 Å². The lowest BCUT2D eigenvalue weighted by Crippen LogP contribution is -2.08.